The van der Waals surface area contributed by atoms with E-state index in [1.807, 2.05) is 49.4 Å². The number of hydrogen-bond acceptors (Lipinski definition) is 2. The predicted octanol–water partition coefficient (Wildman–Crippen LogP) is 4.33. The lowest BCUT2D eigenvalue weighted by Crippen LogP contribution is -2.36. The standard InChI is InChI=1S/C21H27NO2/c1-16(2)19-11-7-8-12-20(19)24-15-21(23)22-17(3)13-14-18-9-5-4-6-10-18/h4-12,16-17H,13-15H2,1-3H3,(H,22,23)/t17-/m1/s1. The van der Waals surface area contributed by atoms with Gasteiger partial charge in [0.05, 0.1) is 0 Å². The molecule has 0 spiro atoms. The molecule has 1 amide bonds. The molecule has 3 heteroatoms. The van der Waals surface area contributed by atoms with Crippen molar-refractivity contribution < 1.29 is 9.53 Å². The van der Waals surface area contributed by atoms with Crippen LogP contribution >= 0.6 is 0 Å². The Morgan fingerprint density at radius 2 is 1.67 bits per heavy atom. The van der Waals surface area contributed by atoms with Gasteiger partial charge in [-0.15, -0.1) is 0 Å². The molecule has 0 heterocycles. The Hall–Kier alpha value is -2.29. The second-order valence-corrected chi connectivity index (χ2v) is 6.47. The quantitative estimate of drug-likeness (QED) is 0.784. The van der Waals surface area contributed by atoms with Crippen LogP contribution in [0.5, 0.6) is 5.75 Å². The zero-order chi connectivity index (χ0) is 17.4. The molecule has 0 saturated heterocycles. The summed E-state index contributed by atoms with van der Waals surface area (Å²) in [4.78, 5) is 12.1. The third-order valence-electron chi connectivity index (χ3n) is 4.02. The fourth-order valence-corrected chi connectivity index (χ4v) is 2.65. The molecule has 0 saturated carbocycles. The second-order valence-electron chi connectivity index (χ2n) is 6.47. The molecule has 0 unspecified atom stereocenters. The monoisotopic (exact) mass is 325 g/mol. The van der Waals surface area contributed by atoms with Gasteiger partial charge >= 0.3 is 0 Å². The molecular weight excluding hydrogens is 298 g/mol. The Morgan fingerprint density at radius 1 is 1.00 bits per heavy atom. The highest BCUT2D eigenvalue weighted by Crippen LogP contribution is 2.25. The van der Waals surface area contributed by atoms with Gasteiger partial charge in [0.1, 0.15) is 5.75 Å². The van der Waals surface area contributed by atoms with Gasteiger partial charge in [0.15, 0.2) is 6.61 Å². The number of carbonyl (C=O) groups is 1. The van der Waals surface area contributed by atoms with Crippen LogP contribution in [0.3, 0.4) is 0 Å². The number of carbonyl (C=O) groups excluding carboxylic acids is 1. The zero-order valence-electron chi connectivity index (χ0n) is 14.8. The average Bonchev–Trinajstić information content (AvgIpc) is 2.59. The molecule has 0 radical (unpaired) electrons. The van der Waals surface area contributed by atoms with E-state index in [1.165, 1.54) is 5.56 Å². The van der Waals surface area contributed by atoms with Gasteiger partial charge in [-0.05, 0) is 42.9 Å². The molecule has 2 aromatic rings. The average molecular weight is 325 g/mol. The molecule has 2 aromatic carbocycles. The van der Waals surface area contributed by atoms with Crippen molar-refractivity contribution in [2.24, 2.45) is 0 Å². The Kier molecular flexibility index (Phi) is 6.86. The normalized spacial score (nSPS) is 12.0. The Bertz CT molecular complexity index is 637. The highest BCUT2D eigenvalue weighted by molar-refractivity contribution is 5.77. The fraction of sp³-hybridized carbons (Fsp3) is 0.381. The number of para-hydroxylation sites is 1. The number of ether oxygens (including phenoxy) is 1. The molecule has 3 nitrogen and oxygen atoms in total. The minimum absolute atomic E-state index is 0.0550. The summed E-state index contributed by atoms with van der Waals surface area (Å²) in [5.41, 5.74) is 2.42. The van der Waals surface area contributed by atoms with Gasteiger partial charge in [0.2, 0.25) is 0 Å². The first-order chi connectivity index (χ1) is 11.6. The van der Waals surface area contributed by atoms with Crippen molar-refractivity contribution in [2.75, 3.05) is 6.61 Å². The maximum atomic E-state index is 12.1. The summed E-state index contributed by atoms with van der Waals surface area (Å²) < 4.78 is 5.71. The summed E-state index contributed by atoms with van der Waals surface area (Å²) >= 11 is 0. The van der Waals surface area contributed by atoms with Crippen LogP contribution in [-0.2, 0) is 11.2 Å². The molecule has 1 atom stereocenters. The van der Waals surface area contributed by atoms with Crippen LogP contribution in [0.25, 0.3) is 0 Å². The van der Waals surface area contributed by atoms with Gasteiger partial charge in [0.25, 0.3) is 5.91 Å². The zero-order valence-corrected chi connectivity index (χ0v) is 14.8. The fourth-order valence-electron chi connectivity index (χ4n) is 2.65. The van der Waals surface area contributed by atoms with E-state index in [-0.39, 0.29) is 18.6 Å². The van der Waals surface area contributed by atoms with Crippen LogP contribution in [0.15, 0.2) is 54.6 Å². The summed E-state index contributed by atoms with van der Waals surface area (Å²) in [5.74, 6) is 1.09. The van der Waals surface area contributed by atoms with Crippen molar-refractivity contribution >= 4 is 5.91 Å². The highest BCUT2D eigenvalue weighted by atomic mass is 16.5. The molecule has 1 N–H and O–H groups in total. The summed E-state index contributed by atoms with van der Waals surface area (Å²) in [6.07, 6.45) is 1.87. The first-order valence-corrected chi connectivity index (χ1v) is 8.61. The van der Waals surface area contributed by atoms with E-state index in [9.17, 15) is 4.79 Å². The van der Waals surface area contributed by atoms with E-state index in [2.05, 4.69) is 31.3 Å². The predicted molar refractivity (Wildman–Crippen MR) is 98.4 cm³/mol. The molecule has 0 aliphatic rings. The van der Waals surface area contributed by atoms with Crippen LogP contribution in [-0.4, -0.2) is 18.6 Å². The van der Waals surface area contributed by atoms with Gasteiger partial charge in [0, 0.05) is 6.04 Å². The van der Waals surface area contributed by atoms with Crippen molar-refractivity contribution in [3.63, 3.8) is 0 Å². The Balaban J connectivity index is 1.77. The van der Waals surface area contributed by atoms with E-state index in [1.54, 1.807) is 0 Å². The lowest BCUT2D eigenvalue weighted by Gasteiger charge is -2.16. The maximum Gasteiger partial charge on any atom is 0.258 e. The lowest BCUT2D eigenvalue weighted by atomic mass is 10.0. The molecular formula is C21H27NO2. The van der Waals surface area contributed by atoms with Gasteiger partial charge < -0.3 is 10.1 Å². The topological polar surface area (TPSA) is 38.3 Å². The van der Waals surface area contributed by atoms with E-state index in [4.69, 9.17) is 4.74 Å². The van der Waals surface area contributed by atoms with E-state index < -0.39 is 0 Å². The van der Waals surface area contributed by atoms with E-state index >= 15 is 0 Å². The smallest absolute Gasteiger partial charge is 0.258 e. The molecule has 0 fully saturated rings. The Labute approximate surface area is 145 Å². The minimum Gasteiger partial charge on any atom is -0.483 e. The summed E-state index contributed by atoms with van der Waals surface area (Å²) in [5, 5.41) is 3.01. The SMILES string of the molecule is CC(C)c1ccccc1OCC(=O)N[C@H](C)CCc1ccccc1. The summed E-state index contributed by atoms with van der Waals surface area (Å²) in [6, 6.07) is 18.3. The van der Waals surface area contributed by atoms with Crippen molar-refractivity contribution in [1.82, 2.24) is 5.32 Å². The number of amides is 1. The van der Waals surface area contributed by atoms with Gasteiger partial charge in [-0.25, -0.2) is 0 Å². The first kappa shape index (κ1) is 18.1. The maximum absolute atomic E-state index is 12.1. The van der Waals surface area contributed by atoms with Crippen LogP contribution in [0.4, 0.5) is 0 Å². The summed E-state index contributed by atoms with van der Waals surface area (Å²) in [6.45, 7) is 6.32. The first-order valence-electron chi connectivity index (χ1n) is 8.61. The second kappa shape index (κ2) is 9.11. The van der Waals surface area contributed by atoms with Crippen molar-refractivity contribution in [3.05, 3.63) is 65.7 Å². The summed E-state index contributed by atoms with van der Waals surface area (Å²) in [7, 11) is 0. The minimum atomic E-state index is -0.0749. The number of hydrogen-bond donors (Lipinski definition) is 1. The number of aryl methyl sites for hydroxylation is 1. The van der Waals surface area contributed by atoms with E-state index in [0.29, 0.717) is 5.92 Å². The van der Waals surface area contributed by atoms with Crippen LogP contribution < -0.4 is 10.1 Å². The van der Waals surface area contributed by atoms with Crippen molar-refractivity contribution in [1.29, 1.82) is 0 Å². The third-order valence-corrected chi connectivity index (χ3v) is 4.02. The number of rotatable bonds is 8. The van der Waals surface area contributed by atoms with Crippen molar-refractivity contribution in [3.8, 4) is 5.75 Å². The number of nitrogens with one attached hydrogen (secondary N) is 1. The van der Waals surface area contributed by atoms with Gasteiger partial charge in [-0.1, -0.05) is 62.4 Å². The largest absolute Gasteiger partial charge is 0.483 e. The number of benzene rings is 2. The van der Waals surface area contributed by atoms with Gasteiger partial charge in [-0.2, -0.15) is 0 Å². The molecule has 0 bridgehead atoms. The molecule has 24 heavy (non-hydrogen) atoms. The highest BCUT2D eigenvalue weighted by Gasteiger charge is 2.11. The molecule has 0 aromatic heterocycles. The van der Waals surface area contributed by atoms with Gasteiger partial charge in [-0.3, -0.25) is 4.79 Å². The van der Waals surface area contributed by atoms with Crippen LogP contribution in [0.2, 0.25) is 0 Å². The Morgan fingerprint density at radius 3 is 2.38 bits per heavy atom. The van der Waals surface area contributed by atoms with Crippen molar-refractivity contribution in [2.45, 2.75) is 45.6 Å². The molecule has 2 rings (SSSR count). The van der Waals surface area contributed by atoms with Crippen LogP contribution in [0.1, 0.15) is 44.2 Å². The van der Waals surface area contributed by atoms with Crippen LogP contribution in [0, 0.1) is 0 Å². The molecule has 0 aliphatic heterocycles. The molecule has 128 valence electrons. The molecule has 0 aliphatic carbocycles. The van der Waals surface area contributed by atoms with E-state index in [0.717, 1.165) is 24.2 Å². The third kappa shape index (κ3) is 5.73. The lowest BCUT2D eigenvalue weighted by molar-refractivity contribution is -0.123.